The van der Waals surface area contributed by atoms with Crippen LogP contribution in [-0.2, 0) is 10.5 Å². The molecule has 0 amide bonds. The van der Waals surface area contributed by atoms with Crippen molar-refractivity contribution in [3.63, 3.8) is 0 Å². The molecule has 0 bridgehead atoms. The lowest BCUT2D eigenvalue weighted by Gasteiger charge is -2.17. The van der Waals surface area contributed by atoms with E-state index in [-0.39, 0.29) is 11.7 Å². The Labute approximate surface area is 115 Å². The molecule has 0 unspecified atom stereocenters. The molecule has 0 aliphatic heterocycles. The molecule has 1 aromatic carbocycles. The number of ketones is 1. The van der Waals surface area contributed by atoms with Gasteiger partial charge in [-0.05, 0) is 50.3 Å². The third-order valence-corrected chi connectivity index (χ3v) is 3.37. The van der Waals surface area contributed by atoms with Crippen molar-refractivity contribution in [2.45, 2.75) is 47.2 Å². The summed E-state index contributed by atoms with van der Waals surface area (Å²) in [6.07, 6.45) is 0. The summed E-state index contributed by atoms with van der Waals surface area (Å²) >= 11 is 0. The van der Waals surface area contributed by atoms with Gasteiger partial charge in [-0.2, -0.15) is 0 Å². The number of alkyl halides is 1. The first-order valence-electron chi connectivity index (χ1n) is 6.66. The Bertz CT molecular complexity index is 487. The Morgan fingerprint density at radius 2 is 1.58 bits per heavy atom. The minimum Gasteiger partial charge on any atom is -0.295 e. The molecule has 0 fully saturated rings. The van der Waals surface area contributed by atoms with Gasteiger partial charge in [0.25, 0.3) is 0 Å². The Balaban J connectivity index is 3.23. The number of hydrogen-bond donors (Lipinski definition) is 0. The minimum atomic E-state index is -1.34. The number of rotatable bonds is 4. The van der Waals surface area contributed by atoms with E-state index in [0.29, 0.717) is 5.56 Å². The van der Waals surface area contributed by atoms with Crippen LogP contribution in [0.3, 0.4) is 0 Å². The lowest BCUT2D eigenvalue weighted by atomic mass is 9.90. The van der Waals surface area contributed by atoms with Crippen molar-refractivity contribution < 1.29 is 9.18 Å². The van der Waals surface area contributed by atoms with E-state index in [4.69, 9.17) is 0 Å². The molecule has 0 saturated heterocycles. The van der Waals surface area contributed by atoms with Crippen LogP contribution in [0.15, 0.2) is 29.8 Å². The summed E-state index contributed by atoms with van der Waals surface area (Å²) in [4.78, 5) is 11.7. The normalized spacial score (nSPS) is 13.5. The van der Waals surface area contributed by atoms with Crippen molar-refractivity contribution in [3.05, 3.63) is 41.0 Å². The summed E-state index contributed by atoms with van der Waals surface area (Å²) < 4.78 is 13.8. The summed E-state index contributed by atoms with van der Waals surface area (Å²) in [5, 5.41) is 0. The van der Waals surface area contributed by atoms with Gasteiger partial charge >= 0.3 is 0 Å². The third-order valence-electron chi connectivity index (χ3n) is 3.37. The van der Waals surface area contributed by atoms with Gasteiger partial charge in [-0.3, -0.25) is 4.79 Å². The Morgan fingerprint density at radius 3 is 1.89 bits per heavy atom. The van der Waals surface area contributed by atoms with Crippen LogP contribution in [0, 0.1) is 5.92 Å². The number of Topliss-reactive ketones (excluding diaryl/α,β-unsaturated/α-hetero) is 1. The maximum atomic E-state index is 13.8. The highest BCUT2D eigenvalue weighted by atomic mass is 19.1. The molecule has 0 atom stereocenters. The Kier molecular flexibility index (Phi) is 4.67. The number of hydrogen-bond acceptors (Lipinski definition) is 1. The van der Waals surface area contributed by atoms with E-state index in [1.54, 1.807) is 32.9 Å². The maximum absolute atomic E-state index is 13.8. The number of carbonyl (C=O) groups excluding carboxylic acids is 1. The molecule has 0 radical (unpaired) electrons. The standard InChI is InChI=1S/C17H23FO/c1-11(2)16(13(4)19)12(3)14-7-9-15(10-8-14)17(5,6)18/h7-11H,1-6H3. The molecule has 104 valence electrons. The van der Waals surface area contributed by atoms with Gasteiger partial charge in [0.1, 0.15) is 5.67 Å². The second kappa shape index (κ2) is 5.68. The fourth-order valence-corrected chi connectivity index (χ4v) is 2.38. The van der Waals surface area contributed by atoms with E-state index in [1.807, 2.05) is 32.9 Å². The van der Waals surface area contributed by atoms with Crippen LogP contribution in [0.2, 0.25) is 0 Å². The van der Waals surface area contributed by atoms with Crippen LogP contribution in [0.4, 0.5) is 4.39 Å². The molecule has 0 spiro atoms. The van der Waals surface area contributed by atoms with Crippen LogP contribution in [0.25, 0.3) is 5.57 Å². The molecule has 0 aliphatic carbocycles. The molecular formula is C17H23FO. The summed E-state index contributed by atoms with van der Waals surface area (Å²) in [5.74, 6) is 0.289. The van der Waals surface area contributed by atoms with Gasteiger partial charge < -0.3 is 0 Å². The molecule has 0 N–H and O–H groups in total. The third kappa shape index (κ3) is 3.76. The number of carbonyl (C=O) groups is 1. The number of benzene rings is 1. The van der Waals surface area contributed by atoms with Gasteiger partial charge in [0.05, 0.1) is 0 Å². The molecule has 0 heterocycles. The SMILES string of the molecule is CC(=O)C(=C(C)c1ccc(C(C)(C)F)cc1)C(C)C. The lowest BCUT2D eigenvalue weighted by molar-refractivity contribution is -0.113. The highest BCUT2D eigenvalue weighted by molar-refractivity contribution is 6.01. The summed E-state index contributed by atoms with van der Waals surface area (Å²) in [5.41, 5.74) is 2.11. The Hall–Kier alpha value is -1.44. The second-order valence-corrected chi connectivity index (χ2v) is 5.80. The molecule has 19 heavy (non-hydrogen) atoms. The number of halogens is 1. The van der Waals surface area contributed by atoms with Gasteiger partial charge in [0.15, 0.2) is 5.78 Å². The van der Waals surface area contributed by atoms with E-state index < -0.39 is 5.67 Å². The lowest BCUT2D eigenvalue weighted by Crippen LogP contribution is -2.09. The van der Waals surface area contributed by atoms with Crippen molar-refractivity contribution in [2.24, 2.45) is 5.92 Å². The first kappa shape index (κ1) is 15.6. The fourth-order valence-electron chi connectivity index (χ4n) is 2.38. The predicted molar refractivity (Wildman–Crippen MR) is 78.7 cm³/mol. The van der Waals surface area contributed by atoms with Gasteiger partial charge in [-0.25, -0.2) is 4.39 Å². The van der Waals surface area contributed by atoms with Crippen molar-refractivity contribution in [2.75, 3.05) is 0 Å². The average Bonchev–Trinajstić information content (AvgIpc) is 2.27. The molecule has 0 saturated carbocycles. The van der Waals surface area contributed by atoms with Crippen LogP contribution < -0.4 is 0 Å². The van der Waals surface area contributed by atoms with Crippen molar-refractivity contribution in [1.82, 2.24) is 0 Å². The zero-order chi connectivity index (χ0) is 14.8. The largest absolute Gasteiger partial charge is 0.295 e. The molecule has 0 aliphatic rings. The van der Waals surface area contributed by atoms with Crippen LogP contribution in [0.5, 0.6) is 0 Å². The zero-order valence-corrected chi connectivity index (χ0v) is 12.7. The first-order valence-corrected chi connectivity index (χ1v) is 6.66. The maximum Gasteiger partial charge on any atom is 0.156 e. The van der Waals surface area contributed by atoms with E-state index in [9.17, 15) is 9.18 Å². The molecule has 1 rings (SSSR count). The molecule has 2 heteroatoms. The smallest absolute Gasteiger partial charge is 0.156 e. The molecular weight excluding hydrogens is 239 g/mol. The summed E-state index contributed by atoms with van der Waals surface area (Å²) in [7, 11) is 0. The topological polar surface area (TPSA) is 17.1 Å². The second-order valence-electron chi connectivity index (χ2n) is 5.80. The average molecular weight is 262 g/mol. The van der Waals surface area contributed by atoms with Crippen LogP contribution >= 0.6 is 0 Å². The summed E-state index contributed by atoms with van der Waals surface area (Å²) in [6, 6.07) is 7.35. The van der Waals surface area contributed by atoms with E-state index in [0.717, 1.165) is 16.7 Å². The van der Waals surface area contributed by atoms with E-state index in [2.05, 4.69) is 0 Å². The van der Waals surface area contributed by atoms with Crippen LogP contribution in [-0.4, -0.2) is 5.78 Å². The quantitative estimate of drug-likeness (QED) is 0.705. The van der Waals surface area contributed by atoms with E-state index >= 15 is 0 Å². The highest BCUT2D eigenvalue weighted by Crippen LogP contribution is 2.28. The highest BCUT2D eigenvalue weighted by Gasteiger charge is 2.19. The first-order chi connectivity index (χ1) is 8.64. The molecule has 1 aromatic rings. The van der Waals surface area contributed by atoms with Crippen molar-refractivity contribution in [3.8, 4) is 0 Å². The predicted octanol–water partition coefficient (Wildman–Crippen LogP) is 4.91. The minimum absolute atomic E-state index is 0.0994. The van der Waals surface area contributed by atoms with Gasteiger partial charge in [-0.15, -0.1) is 0 Å². The number of allylic oxidation sites excluding steroid dienone is 2. The summed E-state index contributed by atoms with van der Waals surface area (Å²) in [6.45, 7) is 10.7. The monoisotopic (exact) mass is 262 g/mol. The zero-order valence-electron chi connectivity index (χ0n) is 12.7. The van der Waals surface area contributed by atoms with Crippen LogP contribution in [0.1, 0.15) is 52.7 Å². The molecule has 0 aromatic heterocycles. The van der Waals surface area contributed by atoms with Gasteiger partial charge in [-0.1, -0.05) is 38.1 Å². The van der Waals surface area contributed by atoms with Gasteiger partial charge in [0, 0.05) is 5.57 Å². The fraction of sp³-hybridized carbons (Fsp3) is 0.471. The Morgan fingerprint density at radius 1 is 1.11 bits per heavy atom. The van der Waals surface area contributed by atoms with Crippen molar-refractivity contribution in [1.29, 1.82) is 0 Å². The van der Waals surface area contributed by atoms with E-state index in [1.165, 1.54) is 0 Å². The van der Waals surface area contributed by atoms with Gasteiger partial charge in [0.2, 0.25) is 0 Å². The van der Waals surface area contributed by atoms with Crippen molar-refractivity contribution >= 4 is 11.4 Å². The molecule has 1 nitrogen and oxygen atoms in total.